The average Bonchev–Trinajstić information content (AvgIpc) is 3.73. The van der Waals surface area contributed by atoms with Crippen LogP contribution in [-0.4, -0.2) is 62.3 Å². The number of ether oxygens (including phenoxy) is 2. The van der Waals surface area contributed by atoms with Crippen molar-refractivity contribution in [3.8, 4) is 16.9 Å². The van der Waals surface area contributed by atoms with Crippen molar-refractivity contribution < 1.29 is 24.2 Å². The van der Waals surface area contributed by atoms with E-state index < -0.39 is 5.97 Å². The maximum Gasteiger partial charge on any atom is 0.354 e. The van der Waals surface area contributed by atoms with Crippen LogP contribution in [0.25, 0.3) is 32.9 Å². The van der Waals surface area contributed by atoms with E-state index in [0.717, 1.165) is 72.0 Å². The third-order valence-corrected chi connectivity index (χ3v) is 11.8. The van der Waals surface area contributed by atoms with Crippen molar-refractivity contribution in [3.05, 3.63) is 97.5 Å². The SMILES string of the molecule is CCOCCn1c(C(=O)O)c(N2C[C@@H](C)n3c(c(CCCOc4cc(C)c(Cl)c(C)c4)c4ccc(Cl)c(-c5c(C)nn(C)c5C)c43)C2=O)c2cc(C)ccc21. The van der Waals surface area contributed by atoms with Gasteiger partial charge in [-0.05, 0) is 108 Å². The van der Waals surface area contributed by atoms with E-state index >= 15 is 4.79 Å². The van der Waals surface area contributed by atoms with Crippen LogP contribution in [0.1, 0.15) is 80.9 Å². The Kier molecular flexibility index (Phi) is 10.5. The van der Waals surface area contributed by atoms with E-state index in [-0.39, 0.29) is 24.2 Å². The molecule has 55 heavy (non-hydrogen) atoms. The molecule has 1 atom stereocenters. The lowest BCUT2D eigenvalue weighted by Crippen LogP contribution is -2.43. The zero-order chi connectivity index (χ0) is 39.5. The lowest BCUT2D eigenvalue weighted by Gasteiger charge is -2.34. The molecule has 12 heteroatoms. The number of aryl methyl sites for hydroxylation is 6. The van der Waals surface area contributed by atoms with Crippen LogP contribution in [0.5, 0.6) is 5.75 Å². The summed E-state index contributed by atoms with van der Waals surface area (Å²) in [6.45, 7) is 15.7. The molecule has 0 radical (unpaired) electrons. The van der Waals surface area contributed by atoms with Crippen molar-refractivity contribution in [1.29, 1.82) is 0 Å². The van der Waals surface area contributed by atoms with Crippen LogP contribution in [0, 0.1) is 34.6 Å². The van der Waals surface area contributed by atoms with E-state index in [2.05, 4.69) is 11.5 Å². The van der Waals surface area contributed by atoms with E-state index in [0.29, 0.717) is 61.0 Å². The molecule has 1 aliphatic heterocycles. The summed E-state index contributed by atoms with van der Waals surface area (Å²) >= 11 is 13.5. The number of rotatable bonds is 12. The molecule has 1 N–H and O–H groups in total. The molecule has 0 spiro atoms. The first kappa shape index (κ1) is 38.5. The molecule has 1 aliphatic rings. The van der Waals surface area contributed by atoms with E-state index in [1.54, 1.807) is 9.47 Å². The molecule has 4 heterocycles. The number of hydrogen-bond acceptors (Lipinski definition) is 5. The maximum atomic E-state index is 15.3. The average molecular weight is 785 g/mol. The molecular weight excluding hydrogens is 737 g/mol. The quantitative estimate of drug-likeness (QED) is 0.124. The first-order valence-electron chi connectivity index (χ1n) is 18.8. The Balaban J connectivity index is 1.41. The molecule has 10 nitrogen and oxygen atoms in total. The lowest BCUT2D eigenvalue weighted by atomic mass is 9.98. The summed E-state index contributed by atoms with van der Waals surface area (Å²) in [6.07, 6.45) is 1.15. The molecule has 3 aromatic carbocycles. The number of benzene rings is 3. The molecule has 0 bridgehead atoms. The second kappa shape index (κ2) is 15.0. The van der Waals surface area contributed by atoms with Crippen molar-refractivity contribution >= 4 is 62.6 Å². The minimum atomic E-state index is -1.10. The minimum absolute atomic E-state index is 0.0688. The molecule has 288 valence electrons. The van der Waals surface area contributed by atoms with Crippen LogP contribution >= 0.6 is 23.2 Å². The lowest BCUT2D eigenvalue weighted by molar-refractivity contribution is 0.0682. The second-order valence-corrected chi connectivity index (χ2v) is 15.4. The second-order valence-electron chi connectivity index (χ2n) is 14.6. The first-order chi connectivity index (χ1) is 26.2. The molecule has 1 amide bonds. The number of aromatic nitrogens is 4. The van der Waals surface area contributed by atoms with Crippen LogP contribution < -0.4 is 9.64 Å². The van der Waals surface area contributed by atoms with Gasteiger partial charge in [-0.1, -0.05) is 40.9 Å². The molecule has 6 aromatic rings. The Labute approximate surface area is 331 Å². The Hall–Kier alpha value is -4.77. The number of fused-ring (bicyclic) bond motifs is 4. The molecule has 3 aromatic heterocycles. The maximum absolute atomic E-state index is 15.3. The van der Waals surface area contributed by atoms with Crippen LogP contribution in [0.3, 0.4) is 0 Å². The normalized spacial score (nSPS) is 14.4. The summed E-state index contributed by atoms with van der Waals surface area (Å²) in [7, 11) is 1.92. The first-order valence-corrected chi connectivity index (χ1v) is 19.5. The zero-order valence-corrected chi connectivity index (χ0v) is 34.2. The van der Waals surface area contributed by atoms with Crippen molar-refractivity contribution in [1.82, 2.24) is 18.9 Å². The van der Waals surface area contributed by atoms with Crippen LogP contribution in [0.15, 0.2) is 42.5 Å². The van der Waals surface area contributed by atoms with Gasteiger partial charge in [-0.15, -0.1) is 0 Å². The Bertz CT molecular complexity index is 2490. The van der Waals surface area contributed by atoms with E-state index in [4.69, 9.17) is 37.8 Å². The highest BCUT2D eigenvalue weighted by Crippen LogP contribution is 2.46. The smallest absolute Gasteiger partial charge is 0.354 e. The molecule has 0 aliphatic carbocycles. The number of carboxylic acids is 1. The van der Waals surface area contributed by atoms with Gasteiger partial charge in [0.2, 0.25) is 0 Å². The fourth-order valence-electron chi connectivity index (χ4n) is 8.40. The summed E-state index contributed by atoms with van der Waals surface area (Å²) in [5.41, 5.74) is 9.90. The van der Waals surface area contributed by atoms with Crippen LogP contribution in [0.2, 0.25) is 10.0 Å². The van der Waals surface area contributed by atoms with Gasteiger partial charge in [0.1, 0.15) is 11.4 Å². The van der Waals surface area contributed by atoms with Gasteiger partial charge in [0.15, 0.2) is 5.69 Å². The highest BCUT2D eigenvalue weighted by molar-refractivity contribution is 6.35. The van der Waals surface area contributed by atoms with Crippen molar-refractivity contribution in [2.75, 3.05) is 31.3 Å². The summed E-state index contributed by atoms with van der Waals surface area (Å²) in [5.74, 6) is -0.620. The summed E-state index contributed by atoms with van der Waals surface area (Å²) in [4.78, 5) is 30.2. The van der Waals surface area contributed by atoms with Crippen molar-refractivity contribution in [3.63, 3.8) is 0 Å². The summed E-state index contributed by atoms with van der Waals surface area (Å²) < 4.78 is 17.7. The third-order valence-electron chi connectivity index (χ3n) is 10.9. The van der Waals surface area contributed by atoms with Gasteiger partial charge in [-0.3, -0.25) is 9.48 Å². The van der Waals surface area contributed by atoms with Gasteiger partial charge in [0.25, 0.3) is 5.91 Å². The topological polar surface area (TPSA) is 104 Å². The zero-order valence-electron chi connectivity index (χ0n) is 32.6. The minimum Gasteiger partial charge on any atom is -0.494 e. The number of carbonyl (C=O) groups is 2. The highest BCUT2D eigenvalue weighted by Gasteiger charge is 2.40. The predicted octanol–water partition coefficient (Wildman–Crippen LogP) is 9.81. The van der Waals surface area contributed by atoms with Gasteiger partial charge < -0.3 is 28.6 Å². The van der Waals surface area contributed by atoms with Crippen LogP contribution in [0.4, 0.5) is 5.69 Å². The monoisotopic (exact) mass is 783 g/mol. The number of halogens is 2. The number of carbonyl (C=O) groups excluding carboxylic acids is 1. The number of hydrogen-bond donors (Lipinski definition) is 1. The number of nitrogens with zero attached hydrogens (tertiary/aromatic N) is 5. The van der Waals surface area contributed by atoms with Crippen molar-refractivity contribution in [2.45, 2.75) is 73.9 Å². The van der Waals surface area contributed by atoms with Crippen molar-refractivity contribution in [2.24, 2.45) is 7.05 Å². The fourth-order valence-corrected chi connectivity index (χ4v) is 8.75. The standard InChI is InChI=1S/C43H47Cl2N5O5/c1-9-54-18-16-48-34-15-12-23(2)19-32(34)39(41(48)43(52)53)49-22-26(5)50-38-31(13-14-33(44)36(38)35-27(6)46-47(8)28(35)7)30(40(50)42(49)51)11-10-17-55-29-20-24(3)37(45)25(4)21-29/h12-15,19-21,26H,9-11,16-18,22H2,1-8H3,(H,52,53)/t26-/m1/s1. The van der Waals surface area contributed by atoms with Gasteiger partial charge in [0, 0.05) is 65.4 Å². The predicted molar refractivity (Wildman–Crippen MR) is 220 cm³/mol. The van der Waals surface area contributed by atoms with Gasteiger partial charge in [0.05, 0.1) is 40.7 Å². The van der Waals surface area contributed by atoms with Gasteiger partial charge in [-0.25, -0.2) is 4.79 Å². The number of anilines is 1. The Morgan fingerprint density at radius 3 is 2.36 bits per heavy atom. The third kappa shape index (κ3) is 6.58. The fraction of sp³-hybridized carbons (Fsp3) is 0.372. The molecule has 7 rings (SSSR count). The highest BCUT2D eigenvalue weighted by atomic mass is 35.5. The number of aromatic carboxylic acids is 1. The van der Waals surface area contributed by atoms with E-state index in [9.17, 15) is 9.90 Å². The Morgan fingerprint density at radius 1 is 0.982 bits per heavy atom. The van der Waals surface area contributed by atoms with Gasteiger partial charge >= 0.3 is 5.97 Å². The largest absolute Gasteiger partial charge is 0.494 e. The number of carboxylic acid groups (broad SMARTS) is 1. The molecule has 0 saturated carbocycles. The Morgan fingerprint density at radius 2 is 1.71 bits per heavy atom. The molecule has 0 fully saturated rings. The summed E-state index contributed by atoms with van der Waals surface area (Å²) in [5, 5.41) is 18.5. The van der Waals surface area contributed by atoms with E-state index in [1.807, 2.05) is 95.7 Å². The van der Waals surface area contributed by atoms with Crippen LogP contribution in [-0.2, 0) is 24.8 Å². The number of amides is 1. The molecular formula is C43H47Cl2N5O5. The van der Waals surface area contributed by atoms with E-state index in [1.165, 1.54) is 0 Å². The molecule has 0 unspecified atom stereocenters. The summed E-state index contributed by atoms with van der Waals surface area (Å²) in [6, 6.07) is 13.4. The van der Waals surface area contributed by atoms with Gasteiger partial charge in [-0.2, -0.15) is 5.10 Å². The molecule has 0 saturated heterocycles.